The van der Waals surface area contributed by atoms with Crippen LogP contribution in [-0.2, 0) is 24.2 Å². The maximum Gasteiger partial charge on any atom is 0.235 e. The fourth-order valence-electron chi connectivity index (χ4n) is 4.19. The number of carbonyl (C=O) groups excluding carboxylic acids is 1. The van der Waals surface area contributed by atoms with Crippen LogP contribution in [0.3, 0.4) is 0 Å². The number of nitrogens with one attached hydrogen (secondary N) is 1. The number of benzene rings is 1. The van der Waals surface area contributed by atoms with Gasteiger partial charge in [-0.1, -0.05) is 30.3 Å². The van der Waals surface area contributed by atoms with Crippen LogP contribution in [0, 0.1) is 18.3 Å². The van der Waals surface area contributed by atoms with Crippen molar-refractivity contribution >= 4 is 34.0 Å². The number of amides is 1. The van der Waals surface area contributed by atoms with E-state index >= 15 is 0 Å². The van der Waals surface area contributed by atoms with E-state index in [1.54, 1.807) is 11.3 Å². The highest BCUT2D eigenvalue weighted by molar-refractivity contribution is 7.99. The molecule has 2 aromatic heterocycles. The predicted molar refractivity (Wildman–Crippen MR) is 136 cm³/mol. The van der Waals surface area contributed by atoms with Crippen molar-refractivity contribution in [3.63, 3.8) is 0 Å². The van der Waals surface area contributed by atoms with E-state index in [-0.39, 0.29) is 17.8 Å². The Morgan fingerprint density at radius 2 is 2.15 bits per heavy atom. The Labute approximate surface area is 208 Å². The summed E-state index contributed by atoms with van der Waals surface area (Å²) < 4.78 is 8.05. The van der Waals surface area contributed by atoms with Crippen LogP contribution in [0.2, 0.25) is 0 Å². The minimum atomic E-state index is -0.280. The molecule has 9 heteroatoms. The van der Waals surface area contributed by atoms with Crippen LogP contribution < -0.4 is 10.1 Å². The fraction of sp³-hybridized carbons (Fsp3) is 0.440. The monoisotopic (exact) mass is 495 g/mol. The lowest BCUT2D eigenvalue weighted by atomic mass is 10.1. The molecule has 0 fully saturated rings. The zero-order chi connectivity index (χ0) is 24.1. The predicted octanol–water partition coefficient (Wildman–Crippen LogP) is 5.68. The number of aromatic nitrogens is 3. The lowest BCUT2D eigenvalue weighted by Gasteiger charge is -2.16. The molecule has 0 aliphatic heterocycles. The summed E-state index contributed by atoms with van der Waals surface area (Å²) in [5.74, 6) is 1.56. The summed E-state index contributed by atoms with van der Waals surface area (Å²) in [6.45, 7) is 6.67. The largest absolute Gasteiger partial charge is 0.483 e. The molecule has 1 amide bonds. The summed E-state index contributed by atoms with van der Waals surface area (Å²) in [4.78, 5) is 14.0. The molecule has 0 spiro atoms. The number of fused-ring (bicyclic) bond motifs is 1. The second-order valence-corrected chi connectivity index (χ2v) is 10.4. The number of rotatable bonds is 8. The quantitative estimate of drug-likeness (QED) is 0.319. The Balaban J connectivity index is 1.41. The van der Waals surface area contributed by atoms with Gasteiger partial charge in [0.2, 0.25) is 5.91 Å². The molecule has 0 saturated carbocycles. The topological polar surface area (TPSA) is 92.8 Å². The molecule has 1 aliphatic carbocycles. The number of carbonyl (C=O) groups is 1. The average Bonchev–Trinajstić information content (AvgIpc) is 3.29. The molecular weight excluding hydrogens is 466 g/mol. The Morgan fingerprint density at radius 1 is 1.32 bits per heavy atom. The van der Waals surface area contributed by atoms with Gasteiger partial charge in [-0.05, 0) is 69.7 Å². The summed E-state index contributed by atoms with van der Waals surface area (Å²) in [5, 5.41) is 22.7. The van der Waals surface area contributed by atoms with Crippen LogP contribution in [0.25, 0.3) is 0 Å². The lowest BCUT2D eigenvalue weighted by molar-refractivity contribution is -0.113. The molecule has 4 rings (SSSR count). The molecule has 1 N–H and O–H groups in total. The van der Waals surface area contributed by atoms with Crippen LogP contribution >= 0.6 is 23.1 Å². The molecule has 0 bridgehead atoms. The van der Waals surface area contributed by atoms with Gasteiger partial charge in [0, 0.05) is 11.4 Å². The molecule has 0 saturated heterocycles. The summed E-state index contributed by atoms with van der Waals surface area (Å²) in [6.07, 6.45) is 5.07. The third kappa shape index (κ3) is 5.45. The van der Waals surface area contributed by atoms with Crippen molar-refractivity contribution in [1.29, 1.82) is 5.26 Å². The van der Waals surface area contributed by atoms with Gasteiger partial charge in [-0.2, -0.15) is 5.26 Å². The number of thioether (sulfide) groups is 1. The zero-order valence-electron chi connectivity index (χ0n) is 19.8. The van der Waals surface area contributed by atoms with Gasteiger partial charge in [0.1, 0.15) is 16.8 Å². The molecule has 7 nitrogen and oxygen atoms in total. The van der Waals surface area contributed by atoms with Crippen molar-refractivity contribution in [2.24, 2.45) is 0 Å². The summed E-state index contributed by atoms with van der Waals surface area (Å²) >= 11 is 2.90. The van der Waals surface area contributed by atoms with E-state index < -0.39 is 0 Å². The molecular formula is C25H29N5O2S2. The maximum absolute atomic E-state index is 12.7. The van der Waals surface area contributed by atoms with E-state index in [0.29, 0.717) is 22.3 Å². The highest BCUT2D eigenvalue weighted by Gasteiger charge is 2.22. The standard InChI is InChI=1S/C25H29N5O2S2/c1-4-30-23(17(3)32-18-10-8-9-16(2)13-18)28-29-25(30)33-15-22(31)27-24-20(14-26)19-11-6-5-7-12-21(19)34-24/h8-10,13,17H,4-7,11-12,15H2,1-3H3,(H,27,31)/t17-/m0/s1. The highest BCUT2D eigenvalue weighted by Crippen LogP contribution is 2.37. The second kappa shape index (κ2) is 11.1. The van der Waals surface area contributed by atoms with E-state index in [0.717, 1.165) is 48.4 Å². The molecule has 2 heterocycles. The number of ether oxygens (including phenoxy) is 1. The summed E-state index contributed by atoms with van der Waals surface area (Å²) in [6, 6.07) is 10.2. The van der Waals surface area contributed by atoms with Gasteiger partial charge in [0.25, 0.3) is 0 Å². The van der Waals surface area contributed by atoms with Gasteiger partial charge in [0.15, 0.2) is 17.1 Å². The number of thiophene rings is 1. The molecule has 1 aromatic carbocycles. The zero-order valence-corrected chi connectivity index (χ0v) is 21.4. The van der Waals surface area contributed by atoms with Gasteiger partial charge < -0.3 is 14.6 Å². The van der Waals surface area contributed by atoms with Crippen LogP contribution in [-0.4, -0.2) is 26.4 Å². The Bertz CT molecular complexity index is 1210. The first-order chi connectivity index (χ1) is 16.5. The van der Waals surface area contributed by atoms with Crippen molar-refractivity contribution in [2.75, 3.05) is 11.1 Å². The van der Waals surface area contributed by atoms with Gasteiger partial charge >= 0.3 is 0 Å². The van der Waals surface area contributed by atoms with E-state index in [4.69, 9.17) is 4.74 Å². The Hall–Kier alpha value is -2.83. The van der Waals surface area contributed by atoms with Crippen LogP contribution in [0.5, 0.6) is 5.75 Å². The minimum Gasteiger partial charge on any atom is -0.483 e. The van der Waals surface area contributed by atoms with Gasteiger partial charge in [-0.3, -0.25) is 4.79 Å². The average molecular weight is 496 g/mol. The maximum atomic E-state index is 12.7. The van der Waals surface area contributed by atoms with Crippen molar-refractivity contribution in [3.8, 4) is 11.8 Å². The van der Waals surface area contributed by atoms with E-state index in [2.05, 4.69) is 21.6 Å². The van der Waals surface area contributed by atoms with Crippen molar-refractivity contribution in [3.05, 3.63) is 51.7 Å². The Morgan fingerprint density at radius 3 is 2.91 bits per heavy atom. The first-order valence-electron chi connectivity index (χ1n) is 11.6. The Kier molecular flexibility index (Phi) is 7.91. The van der Waals surface area contributed by atoms with Crippen LogP contribution in [0.1, 0.15) is 66.6 Å². The van der Waals surface area contributed by atoms with E-state index in [1.807, 2.05) is 49.6 Å². The number of nitriles is 1. The van der Waals surface area contributed by atoms with E-state index in [9.17, 15) is 10.1 Å². The van der Waals surface area contributed by atoms with Crippen molar-refractivity contribution in [1.82, 2.24) is 14.8 Å². The van der Waals surface area contributed by atoms with Crippen LogP contribution in [0.4, 0.5) is 5.00 Å². The molecule has 3 aromatic rings. The molecule has 1 aliphatic rings. The lowest BCUT2D eigenvalue weighted by Crippen LogP contribution is -2.15. The highest BCUT2D eigenvalue weighted by atomic mass is 32.2. The van der Waals surface area contributed by atoms with Crippen LogP contribution in [0.15, 0.2) is 29.4 Å². The summed E-state index contributed by atoms with van der Waals surface area (Å²) in [5.41, 5.74) is 2.90. The number of hydrogen-bond donors (Lipinski definition) is 1. The fourth-order valence-corrected chi connectivity index (χ4v) is 6.26. The third-order valence-corrected chi connectivity index (χ3v) is 8.02. The first kappa shape index (κ1) is 24.3. The number of hydrogen-bond acceptors (Lipinski definition) is 7. The molecule has 178 valence electrons. The summed E-state index contributed by atoms with van der Waals surface area (Å²) in [7, 11) is 0. The smallest absolute Gasteiger partial charge is 0.235 e. The molecule has 0 radical (unpaired) electrons. The van der Waals surface area contributed by atoms with Gasteiger partial charge in [-0.15, -0.1) is 21.5 Å². The molecule has 34 heavy (non-hydrogen) atoms. The number of aryl methyl sites for hydroxylation is 2. The second-order valence-electron chi connectivity index (χ2n) is 8.38. The first-order valence-corrected chi connectivity index (χ1v) is 13.4. The third-order valence-electron chi connectivity index (χ3n) is 5.85. The van der Waals surface area contributed by atoms with E-state index in [1.165, 1.54) is 23.1 Å². The van der Waals surface area contributed by atoms with Crippen molar-refractivity contribution in [2.45, 2.75) is 70.7 Å². The van der Waals surface area contributed by atoms with Gasteiger partial charge in [-0.25, -0.2) is 0 Å². The SMILES string of the molecule is CCn1c(SCC(=O)Nc2sc3c(c2C#N)CCCCC3)nnc1[C@H](C)Oc1cccc(C)c1. The minimum absolute atomic E-state index is 0.144. The van der Waals surface area contributed by atoms with Crippen molar-refractivity contribution < 1.29 is 9.53 Å². The van der Waals surface area contributed by atoms with Gasteiger partial charge in [0.05, 0.1) is 11.3 Å². The number of anilines is 1. The number of nitrogens with zero attached hydrogens (tertiary/aromatic N) is 4. The normalized spacial score (nSPS) is 14.1. The molecule has 0 unspecified atom stereocenters. The molecule has 1 atom stereocenters.